The molecule has 1 saturated carbocycles. The van der Waals surface area contributed by atoms with E-state index in [9.17, 15) is 0 Å². The molecule has 0 amide bonds. The van der Waals surface area contributed by atoms with Gasteiger partial charge >= 0.3 is 0 Å². The Kier molecular flexibility index (Phi) is 4.35. The first-order valence-corrected chi connectivity index (χ1v) is 8.43. The van der Waals surface area contributed by atoms with Crippen molar-refractivity contribution in [1.82, 2.24) is 20.1 Å². The third-order valence-corrected chi connectivity index (χ3v) is 4.42. The van der Waals surface area contributed by atoms with E-state index >= 15 is 0 Å². The Morgan fingerprint density at radius 2 is 2.17 bits per heavy atom. The van der Waals surface area contributed by atoms with Gasteiger partial charge in [0.15, 0.2) is 0 Å². The predicted molar refractivity (Wildman–Crippen MR) is 83.6 cm³/mol. The first kappa shape index (κ1) is 14.8. The first-order chi connectivity index (χ1) is 11.4. The minimum absolute atomic E-state index is 0.247. The zero-order valence-corrected chi connectivity index (χ0v) is 13.2. The minimum Gasteiger partial charge on any atom is -0.424 e. The van der Waals surface area contributed by atoms with Crippen LogP contribution in [0.4, 0.5) is 0 Å². The second-order valence-corrected chi connectivity index (χ2v) is 6.44. The van der Waals surface area contributed by atoms with Crippen molar-refractivity contribution >= 4 is 0 Å². The molecule has 0 unspecified atom stereocenters. The van der Waals surface area contributed by atoms with E-state index in [0.717, 1.165) is 50.0 Å². The number of hydrogen-bond donors (Lipinski definition) is 0. The molecule has 2 fully saturated rings. The lowest BCUT2D eigenvalue weighted by Crippen LogP contribution is -2.39. The Morgan fingerprint density at radius 3 is 3.00 bits per heavy atom. The van der Waals surface area contributed by atoms with Gasteiger partial charge in [-0.25, -0.2) is 0 Å². The molecular weight excluding hydrogens is 292 g/mol. The lowest BCUT2D eigenvalue weighted by molar-refractivity contribution is -0.0150. The van der Waals surface area contributed by atoms with Gasteiger partial charge in [0.25, 0.3) is 0 Å². The SMILES string of the molecule is c1ccc(CO[C@@H]2CCCN(Cc3nnc(C4CC4)o3)C2)nc1. The molecule has 6 nitrogen and oxygen atoms in total. The third kappa shape index (κ3) is 3.95. The van der Waals surface area contributed by atoms with Crippen LogP contribution in [0.3, 0.4) is 0 Å². The molecule has 2 aromatic rings. The molecule has 0 spiro atoms. The smallest absolute Gasteiger partial charge is 0.230 e. The van der Waals surface area contributed by atoms with Gasteiger partial charge in [-0.1, -0.05) is 6.07 Å². The average Bonchev–Trinajstić information content (AvgIpc) is 3.34. The van der Waals surface area contributed by atoms with Crippen LogP contribution in [0.15, 0.2) is 28.8 Å². The summed E-state index contributed by atoms with van der Waals surface area (Å²) in [4.78, 5) is 6.65. The summed E-state index contributed by atoms with van der Waals surface area (Å²) in [6.07, 6.45) is 6.66. The van der Waals surface area contributed by atoms with Crippen molar-refractivity contribution in [1.29, 1.82) is 0 Å². The number of nitrogens with zero attached hydrogens (tertiary/aromatic N) is 4. The molecule has 2 aromatic heterocycles. The molecule has 1 aliphatic heterocycles. The Labute approximate surface area is 135 Å². The minimum atomic E-state index is 0.247. The number of likely N-dealkylation sites (tertiary alicyclic amines) is 1. The van der Waals surface area contributed by atoms with E-state index < -0.39 is 0 Å². The van der Waals surface area contributed by atoms with Crippen molar-refractivity contribution in [3.05, 3.63) is 41.9 Å². The Bertz CT molecular complexity index is 627. The molecule has 0 aromatic carbocycles. The highest BCUT2D eigenvalue weighted by Crippen LogP contribution is 2.39. The van der Waals surface area contributed by atoms with E-state index in [1.807, 2.05) is 18.2 Å². The van der Waals surface area contributed by atoms with Crippen molar-refractivity contribution < 1.29 is 9.15 Å². The molecule has 122 valence electrons. The summed E-state index contributed by atoms with van der Waals surface area (Å²) in [5, 5.41) is 8.34. The van der Waals surface area contributed by atoms with Gasteiger partial charge in [-0.15, -0.1) is 10.2 Å². The van der Waals surface area contributed by atoms with E-state index in [-0.39, 0.29) is 6.10 Å². The van der Waals surface area contributed by atoms with Crippen LogP contribution in [-0.4, -0.2) is 39.3 Å². The predicted octanol–water partition coefficient (Wildman–Crippen LogP) is 2.52. The second kappa shape index (κ2) is 6.76. The van der Waals surface area contributed by atoms with Crippen molar-refractivity contribution in [3.8, 4) is 0 Å². The highest BCUT2D eigenvalue weighted by Gasteiger charge is 2.30. The molecular formula is C17H22N4O2. The normalized spacial score (nSPS) is 22.3. The number of pyridine rings is 1. The maximum Gasteiger partial charge on any atom is 0.230 e. The van der Waals surface area contributed by atoms with Gasteiger partial charge in [0, 0.05) is 18.7 Å². The molecule has 1 aliphatic carbocycles. The molecule has 1 saturated heterocycles. The van der Waals surface area contributed by atoms with Crippen LogP contribution < -0.4 is 0 Å². The fourth-order valence-electron chi connectivity index (χ4n) is 3.00. The van der Waals surface area contributed by atoms with Crippen LogP contribution in [0, 0.1) is 0 Å². The fraction of sp³-hybridized carbons (Fsp3) is 0.588. The van der Waals surface area contributed by atoms with Crippen LogP contribution in [0.5, 0.6) is 0 Å². The Balaban J connectivity index is 1.28. The van der Waals surface area contributed by atoms with Crippen molar-refractivity contribution in [2.45, 2.75) is 50.9 Å². The molecule has 0 radical (unpaired) electrons. The molecule has 0 bridgehead atoms. The fourth-order valence-corrected chi connectivity index (χ4v) is 3.00. The summed E-state index contributed by atoms with van der Waals surface area (Å²) in [6, 6.07) is 5.91. The summed E-state index contributed by atoms with van der Waals surface area (Å²) in [5.74, 6) is 2.07. The maximum atomic E-state index is 6.02. The summed E-state index contributed by atoms with van der Waals surface area (Å²) >= 11 is 0. The lowest BCUT2D eigenvalue weighted by atomic mass is 10.1. The largest absolute Gasteiger partial charge is 0.424 e. The lowest BCUT2D eigenvalue weighted by Gasteiger charge is -2.31. The Morgan fingerprint density at radius 1 is 1.22 bits per heavy atom. The number of aromatic nitrogens is 3. The maximum absolute atomic E-state index is 6.02. The summed E-state index contributed by atoms with van der Waals surface area (Å²) in [6.45, 7) is 3.27. The van der Waals surface area contributed by atoms with E-state index in [4.69, 9.17) is 9.15 Å². The molecule has 3 heterocycles. The standard InChI is InChI=1S/C17H22N4O2/c1-2-8-18-14(4-1)12-22-15-5-3-9-21(10-15)11-16-19-20-17(23-16)13-6-7-13/h1-2,4,8,13,15H,3,5-7,9-12H2/t15-/m1/s1. The zero-order chi connectivity index (χ0) is 15.5. The topological polar surface area (TPSA) is 64.3 Å². The van der Waals surface area contributed by atoms with Crippen LogP contribution in [0.1, 0.15) is 49.1 Å². The number of ether oxygens (including phenoxy) is 1. The van der Waals surface area contributed by atoms with E-state index in [1.54, 1.807) is 6.20 Å². The number of hydrogen-bond acceptors (Lipinski definition) is 6. The van der Waals surface area contributed by atoms with Gasteiger partial charge < -0.3 is 9.15 Å². The first-order valence-electron chi connectivity index (χ1n) is 8.43. The van der Waals surface area contributed by atoms with Crippen molar-refractivity contribution in [2.75, 3.05) is 13.1 Å². The van der Waals surface area contributed by atoms with Gasteiger partial charge in [-0.3, -0.25) is 9.88 Å². The van der Waals surface area contributed by atoms with Gasteiger partial charge in [0.1, 0.15) is 0 Å². The summed E-state index contributed by atoms with van der Waals surface area (Å²) in [7, 11) is 0. The second-order valence-electron chi connectivity index (χ2n) is 6.44. The van der Waals surface area contributed by atoms with Crippen LogP contribution >= 0.6 is 0 Å². The van der Waals surface area contributed by atoms with E-state index in [0.29, 0.717) is 12.5 Å². The average molecular weight is 314 g/mol. The van der Waals surface area contributed by atoms with Crippen LogP contribution in [0.2, 0.25) is 0 Å². The quantitative estimate of drug-likeness (QED) is 0.816. The van der Waals surface area contributed by atoms with Crippen molar-refractivity contribution in [2.24, 2.45) is 0 Å². The highest BCUT2D eigenvalue weighted by atomic mass is 16.5. The van der Waals surface area contributed by atoms with E-state index in [1.165, 1.54) is 12.8 Å². The zero-order valence-electron chi connectivity index (χ0n) is 13.2. The third-order valence-electron chi connectivity index (χ3n) is 4.42. The molecule has 4 rings (SSSR count). The Hall–Kier alpha value is -1.79. The van der Waals surface area contributed by atoms with Gasteiger partial charge in [0.2, 0.25) is 11.8 Å². The van der Waals surface area contributed by atoms with Gasteiger partial charge in [-0.2, -0.15) is 0 Å². The van der Waals surface area contributed by atoms with Crippen LogP contribution in [-0.2, 0) is 17.9 Å². The summed E-state index contributed by atoms with van der Waals surface area (Å²) < 4.78 is 11.8. The monoisotopic (exact) mass is 314 g/mol. The molecule has 0 N–H and O–H groups in total. The molecule has 1 atom stereocenters. The van der Waals surface area contributed by atoms with Crippen LogP contribution in [0.25, 0.3) is 0 Å². The number of rotatable bonds is 6. The van der Waals surface area contributed by atoms with E-state index in [2.05, 4.69) is 20.1 Å². The summed E-state index contributed by atoms with van der Waals surface area (Å²) in [5.41, 5.74) is 0.982. The molecule has 2 aliphatic rings. The highest BCUT2D eigenvalue weighted by molar-refractivity contribution is 5.02. The number of piperidine rings is 1. The van der Waals surface area contributed by atoms with Gasteiger partial charge in [-0.05, 0) is 44.4 Å². The van der Waals surface area contributed by atoms with Crippen molar-refractivity contribution in [3.63, 3.8) is 0 Å². The molecule has 23 heavy (non-hydrogen) atoms. The molecule has 6 heteroatoms. The van der Waals surface area contributed by atoms with Gasteiger partial charge in [0.05, 0.1) is 24.9 Å².